The molecule has 2 aliphatic rings. The Hall–Kier alpha value is -1.51. The number of benzene rings is 1. The molecule has 1 saturated heterocycles. The third kappa shape index (κ3) is 1.23. The predicted molar refractivity (Wildman–Crippen MR) is 57.1 cm³/mol. The first-order chi connectivity index (χ1) is 7.25. The van der Waals surface area contributed by atoms with E-state index >= 15 is 0 Å². The second-order valence-corrected chi connectivity index (χ2v) is 4.27. The monoisotopic (exact) mass is 203 g/mol. The second-order valence-electron chi connectivity index (χ2n) is 4.27. The molecule has 3 rings (SSSR count). The van der Waals surface area contributed by atoms with Gasteiger partial charge in [-0.2, -0.15) is 0 Å². The number of rotatable bonds is 0. The van der Waals surface area contributed by atoms with E-state index in [9.17, 15) is 4.79 Å². The van der Waals surface area contributed by atoms with E-state index in [4.69, 9.17) is 4.74 Å². The van der Waals surface area contributed by atoms with E-state index in [0.717, 1.165) is 18.5 Å². The Balaban J connectivity index is 2.10. The fourth-order valence-corrected chi connectivity index (χ4v) is 2.44. The zero-order valence-electron chi connectivity index (χ0n) is 8.69. The standard InChI is InChI=1S/C12H13NO2/c1-8-2-5-11-9(6-8)3-4-10-7-15-12(14)13(10)11/h2,5-6,10H,3-4,7H2,1H3. The highest BCUT2D eigenvalue weighted by Gasteiger charge is 2.37. The molecule has 78 valence electrons. The minimum absolute atomic E-state index is 0.190. The Labute approximate surface area is 88.6 Å². The van der Waals surface area contributed by atoms with Crippen molar-refractivity contribution in [3.63, 3.8) is 0 Å². The number of aryl methyl sites for hydroxylation is 2. The molecular weight excluding hydrogens is 190 g/mol. The van der Waals surface area contributed by atoms with E-state index in [1.165, 1.54) is 11.1 Å². The van der Waals surface area contributed by atoms with Crippen LogP contribution in [0.4, 0.5) is 10.5 Å². The number of anilines is 1. The van der Waals surface area contributed by atoms with Gasteiger partial charge in [0.2, 0.25) is 0 Å². The molecule has 2 heterocycles. The van der Waals surface area contributed by atoms with Crippen LogP contribution in [-0.4, -0.2) is 18.7 Å². The Morgan fingerprint density at radius 2 is 2.33 bits per heavy atom. The van der Waals surface area contributed by atoms with Gasteiger partial charge in [0.1, 0.15) is 6.61 Å². The van der Waals surface area contributed by atoms with E-state index in [1.54, 1.807) is 4.90 Å². The molecule has 1 aromatic rings. The first kappa shape index (κ1) is 8.77. The van der Waals surface area contributed by atoms with Crippen molar-refractivity contribution in [3.8, 4) is 0 Å². The molecule has 0 aromatic heterocycles. The molecule has 1 fully saturated rings. The maximum Gasteiger partial charge on any atom is 0.414 e. The summed E-state index contributed by atoms with van der Waals surface area (Å²) in [6, 6.07) is 6.50. The number of hydrogen-bond donors (Lipinski definition) is 0. The molecule has 15 heavy (non-hydrogen) atoms. The van der Waals surface area contributed by atoms with Crippen molar-refractivity contribution in [1.82, 2.24) is 0 Å². The van der Waals surface area contributed by atoms with Crippen LogP contribution >= 0.6 is 0 Å². The van der Waals surface area contributed by atoms with E-state index in [0.29, 0.717) is 6.61 Å². The number of carbonyl (C=O) groups excluding carboxylic acids is 1. The Bertz CT molecular complexity index is 428. The highest BCUT2D eigenvalue weighted by molar-refractivity contribution is 5.91. The van der Waals surface area contributed by atoms with Gasteiger partial charge in [-0.3, -0.25) is 4.90 Å². The molecule has 1 amide bonds. The SMILES string of the molecule is Cc1ccc2c(c1)CCC1COC(=O)N21. The van der Waals surface area contributed by atoms with Crippen molar-refractivity contribution in [2.45, 2.75) is 25.8 Å². The molecule has 0 N–H and O–H groups in total. The maximum absolute atomic E-state index is 11.6. The lowest BCUT2D eigenvalue weighted by Gasteiger charge is -2.29. The van der Waals surface area contributed by atoms with Crippen molar-refractivity contribution >= 4 is 11.8 Å². The van der Waals surface area contributed by atoms with Crippen LogP contribution in [0.5, 0.6) is 0 Å². The van der Waals surface area contributed by atoms with E-state index in [1.807, 2.05) is 12.1 Å². The van der Waals surface area contributed by atoms with Crippen LogP contribution in [0.15, 0.2) is 18.2 Å². The van der Waals surface area contributed by atoms with E-state index in [-0.39, 0.29) is 12.1 Å². The fraction of sp³-hybridized carbons (Fsp3) is 0.417. The Morgan fingerprint density at radius 1 is 1.47 bits per heavy atom. The van der Waals surface area contributed by atoms with Gasteiger partial charge >= 0.3 is 6.09 Å². The normalized spacial score (nSPS) is 23.4. The van der Waals surface area contributed by atoms with Crippen LogP contribution in [-0.2, 0) is 11.2 Å². The van der Waals surface area contributed by atoms with Crippen LogP contribution in [0.1, 0.15) is 17.5 Å². The molecule has 2 aliphatic heterocycles. The summed E-state index contributed by atoms with van der Waals surface area (Å²) in [4.78, 5) is 13.4. The summed E-state index contributed by atoms with van der Waals surface area (Å²) in [5.74, 6) is 0. The molecule has 3 nitrogen and oxygen atoms in total. The average Bonchev–Trinajstić information content (AvgIpc) is 2.60. The molecule has 3 heteroatoms. The van der Waals surface area contributed by atoms with Crippen LogP contribution in [0, 0.1) is 6.92 Å². The van der Waals surface area contributed by atoms with Gasteiger partial charge in [-0.15, -0.1) is 0 Å². The number of nitrogens with zero attached hydrogens (tertiary/aromatic N) is 1. The lowest BCUT2D eigenvalue weighted by Crippen LogP contribution is -2.37. The summed E-state index contributed by atoms with van der Waals surface area (Å²) in [5.41, 5.74) is 3.56. The average molecular weight is 203 g/mol. The highest BCUT2D eigenvalue weighted by Crippen LogP contribution is 2.34. The van der Waals surface area contributed by atoms with Gasteiger partial charge in [-0.05, 0) is 31.4 Å². The third-order valence-corrected chi connectivity index (χ3v) is 3.20. The second kappa shape index (κ2) is 2.99. The Morgan fingerprint density at radius 3 is 3.20 bits per heavy atom. The van der Waals surface area contributed by atoms with Crippen molar-refractivity contribution < 1.29 is 9.53 Å². The topological polar surface area (TPSA) is 29.5 Å². The van der Waals surface area contributed by atoms with Crippen LogP contribution in [0.3, 0.4) is 0 Å². The largest absolute Gasteiger partial charge is 0.447 e. The van der Waals surface area contributed by atoms with Gasteiger partial charge in [-0.1, -0.05) is 17.7 Å². The fourth-order valence-electron chi connectivity index (χ4n) is 2.44. The molecule has 1 aromatic carbocycles. The first-order valence-corrected chi connectivity index (χ1v) is 5.31. The lowest BCUT2D eigenvalue weighted by molar-refractivity contribution is 0.178. The van der Waals surface area contributed by atoms with Gasteiger partial charge in [-0.25, -0.2) is 4.79 Å². The summed E-state index contributed by atoms with van der Waals surface area (Å²) < 4.78 is 5.07. The van der Waals surface area contributed by atoms with Gasteiger partial charge in [0.05, 0.1) is 11.7 Å². The predicted octanol–water partition coefficient (Wildman–Crippen LogP) is 2.27. The quantitative estimate of drug-likeness (QED) is 0.647. The highest BCUT2D eigenvalue weighted by atomic mass is 16.6. The summed E-state index contributed by atoms with van der Waals surface area (Å²) in [6.45, 7) is 2.63. The number of amides is 1. The van der Waals surface area contributed by atoms with Crippen molar-refractivity contribution in [2.24, 2.45) is 0 Å². The van der Waals surface area contributed by atoms with Gasteiger partial charge in [0, 0.05) is 0 Å². The maximum atomic E-state index is 11.6. The summed E-state index contributed by atoms with van der Waals surface area (Å²) >= 11 is 0. The van der Waals surface area contributed by atoms with Gasteiger partial charge in [0.15, 0.2) is 0 Å². The van der Waals surface area contributed by atoms with Crippen molar-refractivity contribution in [3.05, 3.63) is 29.3 Å². The van der Waals surface area contributed by atoms with E-state index in [2.05, 4.69) is 13.0 Å². The molecule has 1 atom stereocenters. The number of fused-ring (bicyclic) bond motifs is 3. The number of hydrogen-bond acceptors (Lipinski definition) is 2. The third-order valence-electron chi connectivity index (χ3n) is 3.20. The van der Waals surface area contributed by atoms with Crippen LogP contribution in [0.25, 0.3) is 0 Å². The summed E-state index contributed by atoms with van der Waals surface area (Å²) in [5, 5.41) is 0. The summed E-state index contributed by atoms with van der Waals surface area (Å²) in [6.07, 6.45) is 1.88. The molecule has 0 spiro atoms. The van der Waals surface area contributed by atoms with Crippen LogP contribution < -0.4 is 4.90 Å². The molecule has 0 saturated carbocycles. The molecule has 0 bridgehead atoms. The first-order valence-electron chi connectivity index (χ1n) is 5.31. The van der Waals surface area contributed by atoms with Crippen molar-refractivity contribution in [2.75, 3.05) is 11.5 Å². The number of ether oxygens (including phenoxy) is 1. The number of carbonyl (C=O) groups is 1. The van der Waals surface area contributed by atoms with E-state index < -0.39 is 0 Å². The molecule has 0 aliphatic carbocycles. The van der Waals surface area contributed by atoms with Gasteiger partial charge < -0.3 is 4.74 Å². The van der Waals surface area contributed by atoms with Gasteiger partial charge in [0.25, 0.3) is 0 Å². The molecule has 1 unspecified atom stereocenters. The zero-order valence-corrected chi connectivity index (χ0v) is 8.69. The Kier molecular flexibility index (Phi) is 1.75. The minimum atomic E-state index is -0.190. The van der Waals surface area contributed by atoms with Crippen LogP contribution in [0.2, 0.25) is 0 Å². The minimum Gasteiger partial charge on any atom is -0.447 e. The molecule has 0 radical (unpaired) electrons. The number of cyclic esters (lactones) is 1. The van der Waals surface area contributed by atoms with Crippen molar-refractivity contribution in [1.29, 1.82) is 0 Å². The lowest BCUT2D eigenvalue weighted by atomic mass is 9.96. The smallest absolute Gasteiger partial charge is 0.414 e. The summed E-state index contributed by atoms with van der Waals surface area (Å²) in [7, 11) is 0. The zero-order chi connectivity index (χ0) is 10.4. The molecular formula is C12H13NO2.